The lowest BCUT2D eigenvalue weighted by molar-refractivity contribution is -0.138. The van der Waals surface area contributed by atoms with Crippen molar-refractivity contribution in [2.75, 3.05) is 18.0 Å². The molecule has 1 aliphatic rings. The zero-order chi connectivity index (χ0) is 13.1. The van der Waals surface area contributed by atoms with Crippen LogP contribution < -0.4 is 10.2 Å². The number of anilines is 1. The van der Waals surface area contributed by atoms with Crippen LogP contribution in [0.3, 0.4) is 0 Å². The lowest BCUT2D eigenvalue weighted by Gasteiger charge is -2.17. The molecule has 0 radical (unpaired) electrons. The number of aliphatic carboxylic acids is 1. The van der Waals surface area contributed by atoms with Gasteiger partial charge in [0.25, 0.3) is 0 Å². The van der Waals surface area contributed by atoms with Gasteiger partial charge in [0, 0.05) is 18.8 Å². The molecule has 0 spiro atoms. The van der Waals surface area contributed by atoms with E-state index in [0.717, 1.165) is 0 Å². The van der Waals surface area contributed by atoms with Gasteiger partial charge in [-0.05, 0) is 11.6 Å². The van der Waals surface area contributed by atoms with Crippen LogP contribution >= 0.6 is 0 Å². The van der Waals surface area contributed by atoms with Crippen LogP contribution in [-0.4, -0.2) is 30.2 Å². The first-order valence-corrected chi connectivity index (χ1v) is 5.63. The summed E-state index contributed by atoms with van der Waals surface area (Å²) in [6, 6.07) is 6.77. The Bertz CT molecular complexity index is 499. The first kappa shape index (κ1) is 12.2. The minimum Gasteiger partial charge on any atom is -0.481 e. The molecule has 0 bridgehead atoms. The average Bonchev–Trinajstić information content (AvgIpc) is 2.75. The molecule has 2 amide bonds. The number of carboxylic acid groups (broad SMARTS) is 1. The Morgan fingerprint density at radius 3 is 2.89 bits per heavy atom. The zero-order valence-electron chi connectivity index (χ0n) is 9.80. The van der Waals surface area contributed by atoms with Gasteiger partial charge in [-0.1, -0.05) is 24.3 Å². The Kier molecular flexibility index (Phi) is 3.32. The molecule has 0 fully saturated rings. The van der Waals surface area contributed by atoms with Crippen LogP contribution in [0.15, 0.2) is 36.9 Å². The van der Waals surface area contributed by atoms with Crippen LogP contribution in [0.1, 0.15) is 11.5 Å². The second-order valence-corrected chi connectivity index (χ2v) is 4.03. The van der Waals surface area contributed by atoms with E-state index in [-0.39, 0.29) is 12.6 Å². The molecular formula is C13H14N2O3. The maximum absolute atomic E-state index is 11.9. The molecule has 1 aromatic rings. The van der Waals surface area contributed by atoms with E-state index in [2.05, 4.69) is 11.9 Å². The van der Waals surface area contributed by atoms with Crippen molar-refractivity contribution in [3.8, 4) is 0 Å². The number of carbonyl (C=O) groups is 2. The van der Waals surface area contributed by atoms with E-state index in [9.17, 15) is 9.59 Å². The number of amides is 2. The standard InChI is InChI=1S/C13H14N2O3/c1-2-7-14-13(18)15-8-10(12(16)17)9-5-3-4-6-11(9)15/h2-6,10H,1,7-8H2,(H,14,18)(H,16,17). The number of urea groups is 1. The molecule has 5 nitrogen and oxygen atoms in total. The smallest absolute Gasteiger partial charge is 0.322 e. The van der Waals surface area contributed by atoms with E-state index < -0.39 is 11.9 Å². The summed E-state index contributed by atoms with van der Waals surface area (Å²) >= 11 is 0. The molecule has 1 unspecified atom stereocenters. The van der Waals surface area contributed by atoms with Gasteiger partial charge in [-0.25, -0.2) is 4.79 Å². The molecule has 0 aliphatic carbocycles. The largest absolute Gasteiger partial charge is 0.481 e. The summed E-state index contributed by atoms with van der Waals surface area (Å²) in [6.07, 6.45) is 1.58. The van der Waals surface area contributed by atoms with Crippen LogP contribution in [-0.2, 0) is 4.79 Å². The van der Waals surface area contributed by atoms with E-state index in [1.807, 2.05) is 0 Å². The second kappa shape index (κ2) is 4.91. The highest BCUT2D eigenvalue weighted by Gasteiger charge is 2.36. The Morgan fingerprint density at radius 2 is 2.22 bits per heavy atom. The first-order valence-electron chi connectivity index (χ1n) is 5.63. The number of carbonyl (C=O) groups excluding carboxylic acids is 1. The minimum atomic E-state index is -0.915. The quantitative estimate of drug-likeness (QED) is 0.795. The predicted molar refractivity (Wildman–Crippen MR) is 67.8 cm³/mol. The minimum absolute atomic E-state index is 0.164. The van der Waals surface area contributed by atoms with Crippen molar-refractivity contribution in [2.24, 2.45) is 0 Å². The monoisotopic (exact) mass is 246 g/mol. The molecule has 94 valence electrons. The van der Waals surface area contributed by atoms with Gasteiger partial charge in [0.1, 0.15) is 5.92 Å². The maximum atomic E-state index is 11.9. The number of carboxylic acids is 1. The number of nitrogens with one attached hydrogen (secondary N) is 1. The first-order chi connectivity index (χ1) is 8.65. The third-order valence-corrected chi connectivity index (χ3v) is 2.91. The van der Waals surface area contributed by atoms with Crippen molar-refractivity contribution in [1.82, 2.24) is 5.32 Å². The molecule has 1 atom stereocenters. The summed E-state index contributed by atoms with van der Waals surface area (Å²) in [4.78, 5) is 24.5. The van der Waals surface area contributed by atoms with Crippen molar-refractivity contribution in [3.63, 3.8) is 0 Å². The SMILES string of the molecule is C=CCNC(=O)N1CC(C(=O)O)c2ccccc21. The molecule has 5 heteroatoms. The van der Waals surface area contributed by atoms with Gasteiger partial charge in [-0.3, -0.25) is 9.69 Å². The number of hydrogen-bond acceptors (Lipinski definition) is 2. The van der Waals surface area contributed by atoms with Crippen molar-refractivity contribution < 1.29 is 14.7 Å². The van der Waals surface area contributed by atoms with E-state index in [1.54, 1.807) is 30.3 Å². The summed E-state index contributed by atoms with van der Waals surface area (Å²) < 4.78 is 0. The maximum Gasteiger partial charge on any atom is 0.322 e. The topological polar surface area (TPSA) is 69.6 Å². The number of benzene rings is 1. The molecule has 1 heterocycles. The second-order valence-electron chi connectivity index (χ2n) is 4.03. The van der Waals surface area contributed by atoms with Crippen molar-refractivity contribution >= 4 is 17.7 Å². The summed E-state index contributed by atoms with van der Waals surface area (Å²) in [5, 5.41) is 11.8. The highest BCUT2D eigenvalue weighted by molar-refractivity contribution is 5.98. The van der Waals surface area contributed by atoms with Crippen molar-refractivity contribution in [3.05, 3.63) is 42.5 Å². The van der Waals surface area contributed by atoms with Gasteiger partial charge in [0.05, 0.1) is 0 Å². The molecule has 1 aliphatic heterocycles. The number of nitrogens with zero attached hydrogens (tertiary/aromatic N) is 1. The summed E-state index contributed by atoms with van der Waals surface area (Å²) in [5.41, 5.74) is 1.34. The lowest BCUT2D eigenvalue weighted by atomic mass is 10.0. The highest BCUT2D eigenvalue weighted by atomic mass is 16.4. The lowest BCUT2D eigenvalue weighted by Crippen LogP contribution is -2.40. The molecule has 1 aromatic carbocycles. The van der Waals surface area contributed by atoms with Gasteiger partial charge >= 0.3 is 12.0 Å². The van der Waals surface area contributed by atoms with Gasteiger partial charge in [-0.15, -0.1) is 6.58 Å². The number of para-hydroxylation sites is 1. The van der Waals surface area contributed by atoms with Crippen LogP contribution in [0.25, 0.3) is 0 Å². The van der Waals surface area contributed by atoms with E-state index in [0.29, 0.717) is 17.8 Å². The number of rotatable bonds is 3. The molecule has 18 heavy (non-hydrogen) atoms. The molecular weight excluding hydrogens is 232 g/mol. The van der Waals surface area contributed by atoms with Gasteiger partial charge in [0.2, 0.25) is 0 Å². The Labute approximate surface area is 105 Å². The third kappa shape index (κ3) is 2.07. The normalized spacial score (nSPS) is 17.1. The zero-order valence-corrected chi connectivity index (χ0v) is 9.80. The van der Waals surface area contributed by atoms with Gasteiger partial charge < -0.3 is 10.4 Å². The molecule has 0 saturated heterocycles. The summed E-state index contributed by atoms with van der Waals surface area (Å²) in [7, 11) is 0. The predicted octanol–water partition coefficient (Wildman–Crippen LogP) is 1.57. The number of hydrogen-bond donors (Lipinski definition) is 2. The fourth-order valence-corrected chi connectivity index (χ4v) is 2.07. The average molecular weight is 246 g/mol. The fraction of sp³-hybridized carbons (Fsp3) is 0.231. The van der Waals surface area contributed by atoms with Crippen LogP contribution in [0.2, 0.25) is 0 Å². The summed E-state index contributed by atoms with van der Waals surface area (Å²) in [6.45, 7) is 4.04. The van der Waals surface area contributed by atoms with Crippen molar-refractivity contribution in [1.29, 1.82) is 0 Å². The third-order valence-electron chi connectivity index (χ3n) is 2.91. The van der Waals surface area contributed by atoms with E-state index in [4.69, 9.17) is 5.11 Å². The molecule has 2 rings (SSSR count). The molecule has 0 aromatic heterocycles. The van der Waals surface area contributed by atoms with Gasteiger partial charge in [-0.2, -0.15) is 0 Å². The fourth-order valence-electron chi connectivity index (χ4n) is 2.07. The highest BCUT2D eigenvalue weighted by Crippen LogP contribution is 2.36. The Hall–Kier alpha value is -2.30. The van der Waals surface area contributed by atoms with Crippen LogP contribution in [0.4, 0.5) is 10.5 Å². The Balaban J connectivity index is 2.28. The summed E-state index contributed by atoms with van der Waals surface area (Å²) in [5.74, 6) is -1.57. The Morgan fingerprint density at radius 1 is 1.50 bits per heavy atom. The van der Waals surface area contributed by atoms with Gasteiger partial charge in [0.15, 0.2) is 0 Å². The van der Waals surface area contributed by atoms with E-state index >= 15 is 0 Å². The molecule has 0 saturated carbocycles. The van der Waals surface area contributed by atoms with E-state index in [1.165, 1.54) is 4.90 Å². The van der Waals surface area contributed by atoms with Crippen LogP contribution in [0, 0.1) is 0 Å². The molecule has 2 N–H and O–H groups in total. The van der Waals surface area contributed by atoms with Crippen molar-refractivity contribution in [2.45, 2.75) is 5.92 Å². The number of fused-ring (bicyclic) bond motifs is 1. The van der Waals surface area contributed by atoms with Crippen LogP contribution in [0.5, 0.6) is 0 Å².